The highest BCUT2D eigenvalue weighted by molar-refractivity contribution is 6.35. The van der Waals surface area contributed by atoms with Gasteiger partial charge in [0.25, 0.3) is 0 Å². The minimum atomic E-state index is -0.893. The predicted molar refractivity (Wildman–Crippen MR) is 111 cm³/mol. The topological polar surface area (TPSA) is 130 Å². The van der Waals surface area contributed by atoms with Crippen molar-refractivity contribution < 1.29 is 9.90 Å². The maximum absolute atomic E-state index is 12.5. The SMILES string of the molecule is CCO.Nc1ncnc(N2CCC(N)(C(=O)NCc3ccccc3)CC2)c1Cl. The summed E-state index contributed by atoms with van der Waals surface area (Å²) in [6, 6.07) is 9.75. The van der Waals surface area contributed by atoms with E-state index in [1.54, 1.807) is 6.92 Å². The molecule has 2 heterocycles. The number of aromatic nitrogens is 2. The molecule has 1 aliphatic rings. The molecule has 3 rings (SSSR count). The van der Waals surface area contributed by atoms with E-state index in [0.717, 1.165) is 5.56 Å². The molecule has 28 heavy (non-hydrogen) atoms. The van der Waals surface area contributed by atoms with Crippen LogP contribution in [0.25, 0.3) is 0 Å². The second kappa shape index (κ2) is 10.2. The van der Waals surface area contributed by atoms with Gasteiger partial charge in [-0.2, -0.15) is 0 Å². The Labute approximate surface area is 169 Å². The number of benzene rings is 1. The van der Waals surface area contributed by atoms with E-state index < -0.39 is 5.54 Å². The summed E-state index contributed by atoms with van der Waals surface area (Å²) < 4.78 is 0. The number of hydrogen-bond donors (Lipinski definition) is 4. The quantitative estimate of drug-likeness (QED) is 0.602. The van der Waals surface area contributed by atoms with Gasteiger partial charge in [0, 0.05) is 26.2 Å². The first kappa shape index (κ1) is 21.9. The summed E-state index contributed by atoms with van der Waals surface area (Å²) in [7, 11) is 0. The summed E-state index contributed by atoms with van der Waals surface area (Å²) in [5.41, 5.74) is 12.2. The molecule has 152 valence electrons. The number of piperidine rings is 1. The summed E-state index contributed by atoms with van der Waals surface area (Å²) in [6.07, 6.45) is 2.40. The molecular weight excluding hydrogens is 380 g/mol. The van der Waals surface area contributed by atoms with Crippen molar-refractivity contribution in [3.05, 3.63) is 47.2 Å². The van der Waals surface area contributed by atoms with Gasteiger partial charge in [-0.25, -0.2) is 9.97 Å². The summed E-state index contributed by atoms with van der Waals surface area (Å²) in [4.78, 5) is 22.6. The fourth-order valence-corrected chi connectivity index (χ4v) is 3.11. The molecule has 0 atom stereocenters. The maximum atomic E-state index is 12.5. The van der Waals surface area contributed by atoms with Crippen molar-refractivity contribution in [3.8, 4) is 0 Å². The fourth-order valence-electron chi connectivity index (χ4n) is 2.89. The monoisotopic (exact) mass is 406 g/mol. The maximum Gasteiger partial charge on any atom is 0.240 e. The van der Waals surface area contributed by atoms with Crippen molar-refractivity contribution in [2.75, 3.05) is 30.3 Å². The number of hydrogen-bond acceptors (Lipinski definition) is 7. The molecule has 0 aliphatic carbocycles. The van der Waals surface area contributed by atoms with Gasteiger partial charge in [0.05, 0.1) is 5.54 Å². The molecule has 8 nitrogen and oxygen atoms in total. The largest absolute Gasteiger partial charge is 0.397 e. The summed E-state index contributed by atoms with van der Waals surface area (Å²) in [6.45, 7) is 3.55. The van der Waals surface area contributed by atoms with Gasteiger partial charge in [-0.05, 0) is 25.3 Å². The Kier molecular flexibility index (Phi) is 7.98. The van der Waals surface area contributed by atoms with Crippen LogP contribution in [0, 0.1) is 0 Å². The van der Waals surface area contributed by atoms with Gasteiger partial charge in [0.15, 0.2) is 5.82 Å². The second-order valence-electron chi connectivity index (χ2n) is 6.52. The smallest absolute Gasteiger partial charge is 0.240 e. The molecule has 0 saturated carbocycles. The minimum Gasteiger partial charge on any atom is -0.397 e. The van der Waals surface area contributed by atoms with Gasteiger partial charge < -0.3 is 26.8 Å². The number of nitrogens with two attached hydrogens (primary N) is 2. The lowest BCUT2D eigenvalue weighted by atomic mass is 9.87. The van der Waals surface area contributed by atoms with Gasteiger partial charge in [0.1, 0.15) is 17.2 Å². The standard InChI is InChI=1S/C17H21ClN6O.C2H6O/c18-13-14(19)22-11-23-15(13)24-8-6-17(20,7-9-24)16(25)21-10-12-4-2-1-3-5-12;1-2-3/h1-5,11H,6-10,20H2,(H,21,25)(H2,19,22,23);3H,2H2,1H3. The molecule has 2 aromatic rings. The number of nitrogens with one attached hydrogen (secondary N) is 1. The third-order valence-corrected chi connectivity index (χ3v) is 4.86. The van der Waals surface area contributed by atoms with Gasteiger partial charge in [-0.15, -0.1) is 0 Å². The summed E-state index contributed by atoms with van der Waals surface area (Å²) in [5, 5.41) is 10.8. The molecule has 9 heteroatoms. The molecule has 1 aromatic carbocycles. The number of amides is 1. The Bertz CT molecular complexity index is 766. The lowest BCUT2D eigenvalue weighted by molar-refractivity contribution is -0.127. The number of rotatable bonds is 4. The second-order valence-corrected chi connectivity index (χ2v) is 6.90. The van der Waals surface area contributed by atoms with Gasteiger partial charge in [-0.1, -0.05) is 41.9 Å². The normalized spacial score (nSPS) is 15.4. The zero-order chi connectivity index (χ0) is 20.6. The number of nitrogen functional groups attached to an aromatic ring is 1. The van der Waals surface area contributed by atoms with Crippen molar-refractivity contribution in [2.45, 2.75) is 31.8 Å². The Hall–Kier alpha value is -2.42. The number of aliphatic hydroxyl groups excluding tert-OH is 1. The average Bonchev–Trinajstić information content (AvgIpc) is 2.70. The van der Waals surface area contributed by atoms with Crippen LogP contribution in [-0.2, 0) is 11.3 Å². The first-order valence-corrected chi connectivity index (χ1v) is 9.52. The molecule has 1 aromatic heterocycles. The fraction of sp³-hybridized carbons (Fsp3) is 0.421. The van der Waals surface area contributed by atoms with Crippen LogP contribution in [0.5, 0.6) is 0 Å². The molecule has 6 N–H and O–H groups in total. The highest BCUT2D eigenvalue weighted by Crippen LogP contribution is 2.30. The zero-order valence-electron chi connectivity index (χ0n) is 15.9. The molecule has 1 amide bonds. The lowest BCUT2D eigenvalue weighted by Gasteiger charge is -2.38. The molecule has 0 unspecified atom stereocenters. The van der Waals surface area contributed by atoms with E-state index in [1.165, 1.54) is 6.33 Å². The number of nitrogens with zero attached hydrogens (tertiary/aromatic N) is 3. The van der Waals surface area contributed by atoms with Crippen LogP contribution >= 0.6 is 11.6 Å². The Morgan fingerprint density at radius 3 is 2.50 bits per heavy atom. The van der Waals surface area contributed by atoms with E-state index in [4.69, 9.17) is 28.2 Å². The van der Waals surface area contributed by atoms with Crippen LogP contribution in [0.1, 0.15) is 25.3 Å². The minimum absolute atomic E-state index is 0.135. The Morgan fingerprint density at radius 1 is 1.29 bits per heavy atom. The summed E-state index contributed by atoms with van der Waals surface area (Å²) >= 11 is 6.18. The van der Waals surface area contributed by atoms with Crippen molar-refractivity contribution >= 4 is 29.1 Å². The van der Waals surface area contributed by atoms with Crippen LogP contribution in [0.4, 0.5) is 11.6 Å². The lowest BCUT2D eigenvalue weighted by Crippen LogP contribution is -2.59. The molecule has 1 aliphatic heterocycles. The van der Waals surface area contributed by atoms with E-state index in [0.29, 0.717) is 43.3 Å². The number of halogens is 1. The van der Waals surface area contributed by atoms with Crippen LogP contribution in [0.15, 0.2) is 36.7 Å². The average molecular weight is 407 g/mol. The van der Waals surface area contributed by atoms with Crippen LogP contribution in [0.2, 0.25) is 5.02 Å². The zero-order valence-corrected chi connectivity index (χ0v) is 16.7. The molecule has 0 spiro atoms. The number of anilines is 2. The van der Waals surface area contributed by atoms with E-state index in [-0.39, 0.29) is 18.3 Å². The van der Waals surface area contributed by atoms with Crippen LogP contribution in [0.3, 0.4) is 0 Å². The third-order valence-electron chi connectivity index (χ3n) is 4.50. The highest BCUT2D eigenvalue weighted by atomic mass is 35.5. The van der Waals surface area contributed by atoms with Crippen molar-refractivity contribution in [1.82, 2.24) is 15.3 Å². The van der Waals surface area contributed by atoms with Gasteiger partial charge in [-0.3, -0.25) is 4.79 Å². The molecular formula is C19H27ClN6O2. The molecule has 0 radical (unpaired) electrons. The number of aliphatic hydroxyl groups is 1. The van der Waals surface area contributed by atoms with Crippen molar-refractivity contribution in [2.24, 2.45) is 5.73 Å². The van der Waals surface area contributed by atoms with Crippen LogP contribution in [-0.4, -0.2) is 46.2 Å². The Balaban J connectivity index is 0.000000878. The number of carbonyl (C=O) groups excluding carboxylic acids is 1. The van der Waals surface area contributed by atoms with Crippen molar-refractivity contribution in [1.29, 1.82) is 0 Å². The predicted octanol–water partition coefficient (Wildman–Crippen LogP) is 1.32. The van der Waals surface area contributed by atoms with E-state index >= 15 is 0 Å². The summed E-state index contributed by atoms with van der Waals surface area (Å²) in [5.74, 6) is 0.696. The highest BCUT2D eigenvalue weighted by Gasteiger charge is 2.38. The van der Waals surface area contributed by atoms with Crippen LogP contribution < -0.4 is 21.7 Å². The molecule has 1 fully saturated rings. The van der Waals surface area contributed by atoms with Crippen molar-refractivity contribution in [3.63, 3.8) is 0 Å². The van der Waals surface area contributed by atoms with Gasteiger partial charge in [0.2, 0.25) is 5.91 Å². The van der Waals surface area contributed by atoms with E-state index in [9.17, 15) is 4.79 Å². The Morgan fingerprint density at radius 2 is 1.89 bits per heavy atom. The molecule has 1 saturated heterocycles. The first-order valence-electron chi connectivity index (χ1n) is 9.14. The van der Waals surface area contributed by atoms with E-state index in [2.05, 4.69) is 15.3 Å². The van der Waals surface area contributed by atoms with E-state index in [1.807, 2.05) is 35.2 Å². The number of carbonyl (C=O) groups is 1. The molecule has 0 bridgehead atoms. The van der Waals surface area contributed by atoms with Gasteiger partial charge >= 0.3 is 0 Å². The first-order chi connectivity index (χ1) is 13.4. The third kappa shape index (κ3) is 5.54.